The smallest absolute Gasteiger partial charge is 0.227 e. The molecule has 0 radical (unpaired) electrons. The maximum Gasteiger partial charge on any atom is 0.227 e. The van der Waals surface area contributed by atoms with Crippen LogP contribution in [0.1, 0.15) is 5.56 Å². The highest BCUT2D eigenvalue weighted by Crippen LogP contribution is 2.21. The molecule has 0 spiro atoms. The zero-order valence-corrected chi connectivity index (χ0v) is 13.5. The first kappa shape index (κ1) is 15.3. The van der Waals surface area contributed by atoms with E-state index in [0.29, 0.717) is 6.42 Å². The third-order valence-corrected chi connectivity index (χ3v) is 4.27. The molecule has 0 atom stereocenters. The van der Waals surface area contributed by atoms with E-state index in [1.54, 1.807) is 13.3 Å². The van der Waals surface area contributed by atoms with Crippen LogP contribution in [-0.2, 0) is 11.2 Å². The lowest BCUT2D eigenvalue weighted by Crippen LogP contribution is -2.60. The topological polar surface area (TPSA) is 45.7 Å². The van der Waals surface area contributed by atoms with Gasteiger partial charge < -0.3 is 14.5 Å². The van der Waals surface area contributed by atoms with Crippen molar-refractivity contribution in [2.75, 3.05) is 32.1 Å². The predicted octanol–water partition coefficient (Wildman–Crippen LogP) is 1.98. The first-order chi connectivity index (χ1) is 11.2. The Kier molecular flexibility index (Phi) is 4.46. The summed E-state index contributed by atoms with van der Waals surface area (Å²) in [5, 5.41) is 0. The molecular weight excluding hydrogens is 290 g/mol. The molecule has 1 aromatic heterocycles. The Hall–Kier alpha value is -2.56. The third-order valence-electron chi connectivity index (χ3n) is 4.27. The van der Waals surface area contributed by atoms with E-state index in [0.717, 1.165) is 30.2 Å². The van der Waals surface area contributed by atoms with Gasteiger partial charge >= 0.3 is 0 Å². The van der Waals surface area contributed by atoms with E-state index in [2.05, 4.69) is 9.88 Å². The van der Waals surface area contributed by atoms with Crippen LogP contribution >= 0.6 is 0 Å². The fourth-order valence-corrected chi connectivity index (χ4v) is 2.71. The zero-order valence-electron chi connectivity index (χ0n) is 13.5. The molecule has 1 saturated heterocycles. The van der Waals surface area contributed by atoms with E-state index < -0.39 is 0 Å². The van der Waals surface area contributed by atoms with E-state index in [9.17, 15) is 4.79 Å². The standard InChI is InChI=1S/C18H21N3O2/c1-20(15-12-21(13-15)17-8-3-4-9-19-17)18(22)11-14-6-5-7-16(10-14)23-2/h3-10,15H,11-13H2,1-2H3. The van der Waals surface area contributed by atoms with Crippen LogP contribution in [-0.4, -0.2) is 49.1 Å². The van der Waals surface area contributed by atoms with Crippen molar-refractivity contribution in [3.63, 3.8) is 0 Å². The van der Waals surface area contributed by atoms with Crippen molar-refractivity contribution in [1.29, 1.82) is 0 Å². The Morgan fingerprint density at radius 3 is 2.83 bits per heavy atom. The predicted molar refractivity (Wildman–Crippen MR) is 89.7 cm³/mol. The molecule has 1 aromatic carbocycles. The molecule has 1 aliphatic rings. The molecule has 1 amide bonds. The monoisotopic (exact) mass is 311 g/mol. The molecule has 2 aromatic rings. The number of hydrogen-bond donors (Lipinski definition) is 0. The maximum absolute atomic E-state index is 12.4. The summed E-state index contributed by atoms with van der Waals surface area (Å²) in [6.07, 6.45) is 2.19. The fourth-order valence-electron chi connectivity index (χ4n) is 2.71. The largest absolute Gasteiger partial charge is 0.497 e. The summed E-state index contributed by atoms with van der Waals surface area (Å²) in [5.41, 5.74) is 0.974. The van der Waals surface area contributed by atoms with Gasteiger partial charge in [0.15, 0.2) is 0 Å². The second kappa shape index (κ2) is 6.69. The van der Waals surface area contributed by atoms with Crippen molar-refractivity contribution < 1.29 is 9.53 Å². The lowest BCUT2D eigenvalue weighted by Gasteiger charge is -2.44. The molecule has 0 bridgehead atoms. The van der Waals surface area contributed by atoms with Gasteiger partial charge in [-0.25, -0.2) is 4.98 Å². The van der Waals surface area contributed by atoms with Gasteiger partial charge in [0.1, 0.15) is 11.6 Å². The van der Waals surface area contributed by atoms with Gasteiger partial charge in [-0.2, -0.15) is 0 Å². The van der Waals surface area contributed by atoms with Crippen LogP contribution in [0.3, 0.4) is 0 Å². The van der Waals surface area contributed by atoms with E-state index in [4.69, 9.17) is 4.74 Å². The highest BCUT2D eigenvalue weighted by atomic mass is 16.5. The number of aromatic nitrogens is 1. The number of carbonyl (C=O) groups excluding carboxylic acids is 1. The molecule has 1 fully saturated rings. The Bertz CT molecular complexity index is 669. The van der Waals surface area contributed by atoms with E-state index in [-0.39, 0.29) is 11.9 Å². The van der Waals surface area contributed by atoms with Crippen LogP contribution in [0, 0.1) is 0 Å². The van der Waals surface area contributed by atoms with Gasteiger partial charge in [0.05, 0.1) is 19.6 Å². The number of methoxy groups -OCH3 is 1. The Labute approximate surface area is 136 Å². The summed E-state index contributed by atoms with van der Waals surface area (Å²) in [6.45, 7) is 1.66. The van der Waals surface area contributed by atoms with Gasteiger partial charge in [-0.3, -0.25) is 4.79 Å². The minimum Gasteiger partial charge on any atom is -0.497 e. The molecule has 5 heteroatoms. The Morgan fingerprint density at radius 1 is 1.30 bits per heavy atom. The van der Waals surface area contributed by atoms with Crippen LogP contribution in [0.2, 0.25) is 0 Å². The maximum atomic E-state index is 12.4. The fraction of sp³-hybridized carbons (Fsp3) is 0.333. The molecule has 0 unspecified atom stereocenters. The van der Waals surface area contributed by atoms with Gasteiger partial charge in [0.2, 0.25) is 5.91 Å². The van der Waals surface area contributed by atoms with Gasteiger partial charge in [0, 0.05) is 26.3 Å². The molecular formula is C18H21N3O2. The Morgan fingerprint density at radius 2 is 2.13 bits per heavy atom. The van der Waals surface area contributed by atoms with Crippen molar-refractivity contribution in [2.45, 2.75) is 12.5 Å². The summed E-state index contributed by atoms with van der Waals surface area (Å²) in [4.78, 5) is 20.8. The van der Waals surface area contributed by atoms with Crippen LogP contribution in [0.25, 0.3) is 0 Å². The van der Waals surface area contributed by atoms with E-state index >= 15 is 0 Å². The molecule has 3 rings (SSSR count). The molecule has 0 aliphatic carbocycles. The normalized spacial score (nSPS) is 14.3. The van der Waals surface area contributed by atoms with Crippen LogP contribution < -0.4 is 9.64 Å². The summed E-state index contributed by atoms with van der Waals surface area (Å²) < 4.78 is 5.20. The van der Waals surface area contributed by atoms with E-state index in [1.165, 1.54) is 0 Å². The second-order valence-electron chi connectivity index (χ2n) is 5.78. The average molecular weight is 311 g/mol. The number of likely N-dealkylation sites (N-methyl/N-ethyl adjacent to an activating group) is 1. The molecule has 0 saturated carbocycles. The SMILES string of the molecule is COc1cccc(CC(=O)N(C)C2CN(c3ccccn3)C2)c1. The minimum absolute atomic E-state index is 0.129. The zero-order chi connectivity index (χ0) is 16.2. The lowest BCUT2D eigenvalue weighted by atomic mass is 10.1. The van der Waals surface area contributed by atoms with Crippen molar-refractivity contribution >= 4 is 11.7 Å². The molecule has 1 aliphatic heterocycles. The second-order valence-corrected chi connectivity index (χ2v) is 5.78. The van der Waals surface area contributed by atoms with Crippen molar-refractivity contribution in [1.82, 2.24) is 9.88 Å². The number of amides is 1. The van der Waals surface area contributed by atoms with Gasteiger partial charge in [-0.1, -0.05) is 18.2 Å². The molecule has 120 valence electrons. The highest BCUT2D eigenvalue weighted by molar-refractivity contribution is 5.79. The number of pyridine rings is 1. The minimum atomic E-state index is 0.129. The van der Waals surface area contributed by atoms with Crippen LogP contribution in [0.4, 0.5) is 5.82 Å². The summed E-state index contributed by atoms with van der Waals surface area (Å²) >= 11 is 0. The molecule has 5 nitrogen and oxygen atoms in total. The van der Waals surface area contributed by atoms with Crippen molar-refractivity contribution in [3.8, 4) is 5.75 Å². The number of hydrogen-bond acceptors (Lipinski definition) is 4. The number of carbonyl (C=O) groups is 1. The summed E-state index contributed by atoms with van der Waals surface area (Å²) in [7, 11) is 3.51. The van der Waals surface area contributed by atoms with Gasteiger partial charge in [-0.15, -0.1) is 0 Å². The van der Waals surface area contributed by atoms with Gasteiger partial charge in [-0.05, 0) is 29.8 Å². The quantitative estimate of drug-likeness (QED) is 0.847. The van der Waals surface area contributed by atoms with Crippen LogP contribution in [0.5, 0.6) is 5.75 Å². The van der Waals surface area contributed by atoms with Gasteiger partial charge in [0.25, 0.3) is 0 Å². The number of nitrogens with zero attached hydrogens (tertiary/aromatic N) is 3. The lowest BCUT2D eigenvalue weighted by molar-refractivity contribution is -0.131. The molecule has 0 N–H and O–H groups in total. The van der Waals surface area contributed by atoms with Crippen molar-refractivity contribution in [3.05, 3.63) is 54.2 Å². The number of anilines is 1. The number of ether oxygens (including phenoxy) is 1. The average Bonchev–Trinajstić information content (AvgIpc) is 2.54. The van der Waals surface area contributed by atoms with Crippen molar-refractivity contribution in [2.24, 2.45) is 0 Å². The summed E-state index contributed by atoms with van der Waals surface area (Å²) in [5.74, 6) is 1.88. The Balaban J connectivity index is 1.54. The molecule has 2 heterocycles. The first-order valence-corrected chi connectivity index (χ1v) is 7.72. The third kappa shape index (κ3) is 3.44. The summed E-state index contributed by atoms with van der Waals surface area (Å²) in [6, 6.07) is 13.8. The highest BCUT2D eigenvalue weighted by Gasteiger charge is 2.32. The van der Waals surface area contributed by atoms with E-state index in [1.807, 2.05) is 54.4 Å². The number of rotatable bonds is 5. The molecule has 23 heavy (non-hydrogen) atoms. The first-order valence-electron chi connectivity index (χ1n) is 7.72. The number of benzene rings is 1. The van der Waals surface area contributed by atoms with Crippen LogP contribution in [0.15, 0.2) is 48.7 Å².